The van der Waals surface area contributed by atoms with Crippen molar-refractivity contribution < 1.29 is 9.59 Å². The second-order valence-corrected chi connectivity index (χ2v) is 10.3. The quantitative estimate of drug-likeness (QED) is 0.745. The Bertz CT molecular complexity index is 784. The summed E-state index contributed by atoms with van der Waals surface area (Å²) in [7, 11) is 0. The Morgan fingerprint density at radius 2 is 1.80 bits per heavy atom. The van der Waals surface area contributed by atoms with Gasteiger partial charge < -0.3 is 15.1 Å². The Balaban J connectivity index is 1.87. The molecule has 1 aromatic carbocycles. The van der Waals surface area contributed by atoms with E-state index in [0.29, 0.717) is 6.42 Å². The normalized spacial score (nSPS) is 20.1. The minimum absolute atomic E-state index is 0.00386. The van der Waals surface area contributed by atoms with E-state index in [1.165, 1.54) is 0 Å². The predicted octanol–water partition coefficient (Wildman–Crippen LogP) is 4.54. The number of nitrogens with one attached hydrogen (secondary N) is 1. The van der Waals surface area contributed by atoms with Gasteiger partial charge in [-0.25, -0.2) is 0 Å². The smallest absolute Gasteiger partial charge is 0.254 e. The fourth-order valence-corrected chi connectivity index (χ4v) is 5.42. The summed E-state index contributed by atoms with van der Waals surface area (Å²) in [6.07, 6.45) is 5.32. The van der Waals surface area contributed by atoms with Crippen molar-refractivity contribution in [2.24, 2.45) is 0 Å². The Labute approximate surface area is 182 Å². The van der Waals surface area contributed by atoms with E-state index in [1.54, 1.807) is 0 Å². The second-order valence-electron chi connectivity index (χ2n) is 10.3. The molecule has 1 N–H and O–H groups in total. The molecule has 2 amide bonds. The molecule has 0 atom stereocenters. The third-order valence-electron chi connectivity index (χ3n) is 6.45. The van der Waals surface area contributed by atoms with Crippen LogP contribution in [-0.2, 0) is 11.2 Å². The van der Waals surface area contributed by atoms with Crippen LogP contribution in [0.2, 0.25) is 0 Å². The molecule has 0 aromatic heterocycles. The maximum atomic E-state index is 13.7. The van der Waals surface area contributed by atoms with Gasteiger partial charge in [0.1, 0.15) is 0 Å². The number of carbonyl (C=O) groups excluding carboxylic acids is 2. The van der Waals surface area contributed by atoms with Crippen molar-refractivity contribution in [2.45, 2.75) is 97.2 Å². The fourth-order valence-electron chi connectivity index (χ4n) is 5.42. The van der Waals surface area contributed by atoms with Crippen LogP contribution < -0.4 is 10.2 Å². The molecule has 3 rings (SSSR count). The first-order valence-corrected chi connectivity index (χ1v) is 11.6. The highest BCUT2D eigenvalue weighted by atomic mass is 16.2. The lowest BCUT2D eigenvalue weighted by Gasteiger charge is -2.49. The zero-order valence-corrected chi connectivity index (χ0v) is 19.7. The molecular formula is C25H39N3O2. The third kappa shape index (κ3) is 4.88. The highest BCUT2D eigenvalue weighted by molar-refractivity contribution is 5.98. The van der Waals surface area contributed by atoms with E-state index in [2.05, 4.69) is 44.8 Å². The minimum Gasteiger partial charge on any atom is -0.336 e. The molecule has 0 radical (unpaired) electrons. The number of amides is 2. The predicted molar refractivity (Wildman–Crippen MR) is 123 cm³/mol. The molecule has 2 aliphatic heterocycles. The van der Waals surface area contributed by atoms with E-state index in [-0.39, 0.29) is 28.9 Å². The summed E-state index contributed by atoms with van der Waals surface area (Å²) in [6.45, 7) is 14.5. The van der Waals surface area contributed by atoms with E-state index < -0.39 is 0 Å². The average molecular weight is 414 g/mol. The molecule has 0 unspecified atom stereocenters. The van der Waals surface area contributed by atoms with Crippen LogP contribution in [0.15, 0.2) is 18.2 Å². The van der Waals surface area contributed by atoms with Crippen molar-refractivity contribution in [3.63, 3.8) is 0 Å². The number of nitrogens with zero attached hydrogens (tertiary/aromatic N) is 2. The molecule has 5 heteroatoms. The summed E-state index contributed by atoms with van der Waals surface area (Å²) >= 11 is 0. The van der Waals surface area contributed by atoms with Gasteiger partial charge in [0.25, 0.3) is 5.91 Å². The first-order valence-electron chi connectivity index (χ1n) is 11.6. The van der Waals surface area contributed by atoms with Gasteiger partial charge in [0, 0.05) is 47.9 Å². The maximum absolute atomic E-state index is 13.7. The Kier molecular flexibility index (Phi) is 6.61. The summed E-state index contributed by atoms with van der Waals surface area (Å²) in [5.41, 5.74) is 2.84. The number of fused-ring (bicyclic) bond motifs is 1. The number of carbonyl (C=O) groups is 2. The van der Waals surface area contributed by atoms with Crippen LogP contribution in [0.4, 0.5) is 5.69 Å². The SMILES string of the molecule is CCCCN(C(=O)c1ccc2c(c1)CCN2C(=O)CC)C1CC(C)(C)NC(C)(C)C1. The first-order chi connectivity index (χ1) is 14.1. The standard InChI is InChI=1S/C25H39N3O2/c1-7-9-13-27(20-16-24(3,4)26-25(5,6)17-20)23(30)19-10-11-21-18(15-19)12-14-28(21)22(29)8-2/h10-11,15,20,26H,7-9,12-14,16-17H2,1-6H3. The maximum Gasteiger partial charge on any atom is 0.254 e. The van der Waals surface area contributed by atoms with Crippen molar-refractivity contribution >= 4 is 17.5 Å². The molecule has 5 nitrogen and oxygen atoms in total. The molecule has 166 valence electrons. The molecule has 2 aliphatic rings. The summed E-state index contributed by atoms with van der Waals surface area (Å²) in [4.78, 5) is 29.8. The van der Waals surface area contributed by atoms with Crippen LogP contribution >= 0.6 is 0 Å². The van der Waals surface area contributed by atoms with Gasteiger partial charge in [-0.1, -0.05) is 20.3 Å². The molecule has 1 fully saturated rings. The van der Waals surface area contributed by atoms with Crippen molar-refractivity contribution in [3.8, 4) is 0 Å². The summed E-state index contributed by atoms with van der Waals surface area (Å²) in [5.74, 6) is 0.279. The number of piperidine rings is 1. The molecule has 1 aromatic rings. The number of unbranched alkanes of at least 4 members (excludes halogenated alkanes) is 1. The molecule has 0 spiro atoms. The number of hydrogen-bond acceptors (Lipinski definition) is 3. The highest BCUT2D eigenvalue weighted by Crippen LogP contribution is 2.34. The Morgan fingerprint density at radius 3 is 2.40 bits per heavy atom. The van der Waals surface area contributed by atoms with Crippen molar-refractivity contribution in [1.82, 2.24) is 10.2 Å². The van der Waals surface area contributed by atoms with E-state index in [9.17, 15) is 9.59 Å². The number of rotatable bonds is 6. The minimum atomic E-state index is -0.00386. The topological polar surface area (TPSA) is 52.7 Å². The van der Waals surface area contributed by atoms with E-state index in [1.807, 2.05) is 30.0 Å². The van der Waals surface area contributed by atoms with Gasteiger partial charge in [-0.15, -0.1) is 0 Å². The van der Waals surface area contributed by atoms with Gasteiger partial charge in [0.2, 0.25) is 5.91 Å². The Morgan fingerprint density at radius 1 is 1.13 bits per heavy atom. The van der Waals surface area contributed by atoms with E-state index in [0.717, 1.165) is 62.0 Å². The molecule has 0 saturated carbocycles. The number of anilines is 1. The summed E-state index contributed by atoms with van der Waals surface area (Å²) in [5, 5.41) is 3.73. The lowest BCUT2D eigenvalue weighted by molar-refractivity contribution is -0.118. The van der Waals surface area contributed by atoms with Crippen molar-refractivity contribution in [3.05, 3.63) is 29.3 Å². The molecule has 2 heterocycles. The zero-order chi connectivity index (χ0) is 22.1. The van der Waals surface area contributed by atoms with Gasteiger partial charge in [0.05, 0.1) is 0 Å². The summed E-state index contributed by atoms with van der Waals surface area (Å²) < 4.78 is 0. The first kappa shape index (κ1) is 22.8. The average Bonchev–Trinajstić information content (AvgIpc) is 3.08. The van der Waals surface area contributed by atoms with Crippen LogP contribution in [0.25, 0.3) is 0 Å². The largest absolute Gasteiger partial charge is 0.336 e. The van der Waals surface area contributed by atoms with Crippen LogP contribution in [0.5, 0.6) is 0 Å². The zero-order valence-electron chi connectivity index (χ0n) is 19.7. The van der Waals surface area contributed by atoms with E-state index >= 15 is 0 Å². The van der Waals surface area contributed by atoms with Crippen LogP contribution in [0.3, 0.4) is 0 Å². The molecule has 0 aliphatic carbocycles. The van der Waals surface area contributed by atoms with Gasteiger partial charge >= 0.3 is 0 Å². The molecule has 30 heavy (non-hydrogen) atoms. The lowest BCUT2D eigenvalue weighted by Crippen LogP contribution is -2.62. The lowest BCUT2D eigenvalue weighted by atomic mass is 9.78. The van der Waals surface area contributed by atoms with Gasteiger partial charge in [0.15, 0.2) is 0 Å². The van der Waals surface area contributed by atoms with Gasteiger partial charge in [-0.05, 0) is 77.1 Å². The molecular weight excluding hydrogens is 374 g/mol. The monoisotopic (exact) mass is 413 g/mol. The number of benzene rings is 1. The number of hydrogen-bond donors (Lipinski definition) is 1. The third-order valence-corrected chi connectivity index (χ3v) is 6.45. The van der Waals surface area contributed by atoms with Crippen LogP contribution in [0.1, 0.15) is 89.6 Å². The van der Waals surface area contributed by atoms with Gasteiger partial charge in [-0.2, -0.15) is 0 Å². The fraction of sp³-hybridized carbons (Fsp3) is 0.680. The molecule has 0 bridgehead atoms. The summed E-state index contributed by atoms with van der Waals surface area (Å²) in [6, 6.07) is 6.13. The highest BCUT2D eigenvalue weighted by Gasteiger charge is 2.41. The van der Waals surface area contributed by atoms with Crippen LogP contribution in [-0.4, -0.2) is 46.9 Å². The van der Waals surface area contributed by atoms with E-state index in [4.69, 9.17) is 0 Å². The molecule has 1 saturated heterocycles. The second kappa shape index (κ2) is 8.70. The van der Waals surface area contributed by atoms with Crippen molar-refractivity contribution in [2.75, 3.05) is 18.0 Å². The van der Waals surface area contributed by atoms with Crippen LogP contribution in [0, 0.1) is 0 Å². The van der Waals surface area contributed by atoms with Crippen molar-refractivity contribution in [1.29, 1.82) is 0 Å². The Hall–Kier alpha value is -1.88. The van der Waals surface area contributed by atoms with Gasteiger partial charge in [-0.3, -0.25) is 9.59 Å².